The number of pyridine rings is 1. The molecule has 0 aromatic carbocycles. The van der Waals surface area contributed by atoms with Crippen molar-refractivity contribution in [3.05, 3.63) is 24.0 Å². The van der Waals surface area contributed by atoms with Gasteiger partial charge >= 0.3 is 0 Å². The molecular weight excluding hydrogens is 262 g/mol. The predicted molar refractivity (Wildman–Crippen MR) is 84.6 cm³/mol. The minimum atomic E-state index is -0.0271. The molecule has 1 N–H and O–H groups in total. The molecule has 3 rings (SSSR count). The molecule has 1 aliphatic heterocycles. The van der Waals surface area contributed by atoms with Gasteiger partial charge in [-0.25, -0.2) is 4.98 Å². The Balaban J connectivity index is 1.59. The Morgan fingerprint density at radius 2 is 1.90 bits per heavy atom. The van der Waals surface area contributed by atoms with Crippen molar-refractivity contribution in [1.82, 2.24) is 10.3 Å². The lowest BCUT2D eigenvalue weighted by molar-refractivity contribution is 0.0933. The van der Waals surface area contributed by atoms with Crippen LogP contribution in [0.3, 0.4) is 0 Å². The fourth-order valence-corrected chi connectivity index (χ4v) is 3.30. The quantitative estimate of drug-likeness (QED) is 0.929. The van der Waals surface area contributed by atoms with Gasteiger partial charge in [0.05, 0.1) is 11.9 Å². The summed E-state index contributed by atoms with van der Waals surface area (Å²) in [6.07, 6.45) is 8.99. The largest absolute Gasteiger partial charge is 0.370 e. The maximum atomic E-state index is 12.1. The number of rotatable bonds is 3. The monoisotopic (exact) mass is 287 g/mol. The van der Waals surface area contributed by atoms with E-state index in [9.17, 15) is 4.79 Å². The van der Waals surface area contributed by atoms with E-state index in [4.69, 9.17) is 0 Å². The molecule has 1 saturated heterocycles. The number of carbonyl (C=O) groups is 1. The summed E-state index contributed by atoms with van der Waals surface area (Å²) in [5.41, 5.74) is 1.68. The van der Waals surface area contributed by atoms with Crippen LogP contribution in [-0.4, -0.2) is 30.0 Å². The van der Waals surface area contributed by atoms with Crippen molar-refractivity contribution in [3.8, 4) is 0 Å². The SMILES string of the molecule is CC1CCN(c2ccc(C(=O)NC3CCCC3)nc2)CC1. The molecule has 2 aliphatic rings. The molecular formula is C17H25N3O. The van der Waals surface area contributed by atoms with Gasteiger partial charge in [-0.2, -0.15) is 0 Å². The Kier molecular flexibility index (Phi) is 4.42. The number of hydrogen-bond donors (Lipinski definition) is 1. The number of nitrogens with zero attached hydrogens (tertiary/aromatic N) is 2. The molecule has 4 nitrogen and oxygen atoms in total. The van der Waals surface area contributed by atoms with E-state index in [0.717, 1.165) is 37.5 Å². The zero-order valence-corrected chi connectivity index (χ0v) is 12.8. The van der Waals surface area contributed by atoms with Crippen LogP contribution in [0.1, 0.15) is 55.9 Å². The highest BCUT2D eigenvalue weighted by Gasteiger charge is 2.19. The van der Waals surface area contributed by atoms with Gasteiger partial charge in [-0.05, 0) is 43.7 Å². The van der Waals surface area contributed by atoms with Crippen LogP contribution < -0.4 is 10.2 Å². The van der Waals surface area contributed by atoms with Crippen LogP contribution in [0.4, 0.5) is 5.69 Å². The summed E-state index contributed by atoms with van der Waals surface area (Å²) < 4.78 is 0. The highest BCUT2D eigenvalue weighted by Crippen LogP contribution is 2.22. The Bertz CT molecular complexity index is 471. The van der Waals surface area contributed by atoms with Gasteiger partial charge in [0, 0.05) is 19.1 Å². The number of anilines is 1. The number of aromatic nitrogens is 1. The average molecular weight is 287 g/mol. The van der Waals surface area contributed by atoms with Crippen molar-refractivity contribution in [3.63, 3.8) is 0 Å². The van der Waals surface area contributed by atoms with Crippen LogP contribution in [0.2, 0.25) is 0 Å². The molecule has 21 heavy (non-hydrogen) atoms. The summed E-state index contributed by atoms with van der Waals surface area (Å²) in [6.45, 7) is 4.50. The molecule has 114 valence electrons. The summed E-state index contributed by atoms with van der Waals surface area (Å²) >= 11 is 0. The van der Waals surface area contributed by atoms with Gasteiger partial charge in [0.25, 0.3) is 5.91 Å². The third-order valence-corrected chi connectivity index (χ3v) is 4.82. The molecule has 0 spiro atoms. The van der Waals surface area contributed by atoms with Crippen LogP contribution in [0.25, 0.3) is 0 Å². The number of nitrogens with one attached hydrogen (secondary N) is 1. The predicted octanol–water partition coefficient (Wildman–Crippen LogP) is 2.99. The first-order chi connectivity index (χ1) is 10.2. The lowest BCUT2D eigenvalue weighted by Crippen LogP contribution is -2.34. The van der Waals surface area contributed by atoms with Gasteiger partial charge < -0.3 is 10.2 Å². The second kappa shape index (κ2) is 6.46. The summed E-state index contributed by atoms with van der Waals surface area (Å²) in [7, 11) is 0. The normalized spacial score (nSPS) is 20.7. The van der Waals surface area contributed by atoms with Crippen LogP contribution in [0.15, 0.2) is 18.3 Å². The number of carbonyl (C=O) groups excluding carboxylic acids is 1. The van der Waals surface area contributed by atoms with E-state index < -0.39 is 0 Å². The fourth-order valence-electron chi connectivity index (χ4n) is 3.30. The van der Waals surface area contributed by atoms with E-state index >= 15 is 0 Å². The van der Waals surface area contributed by atoms with Crippen molar-refractivity contribution in [2.75, 3.05) is 18.0 Å². The standard InChI is InChI=1S/C17H25N3O/c1-13-8-10-20(11-9-13)15-6-7-16(18-12-15)17(21)19-14-4-2-3-5-14/h6-7,12-14H,2-5,8-11H2,1H3,(H,19,21). The maximum Gasteiger partial charge on any atom is 0.270 e. The molecule has 1 aromatic heterocycles. The Hall–Kier alpha value is -1.58. The van der Waals surface area contributed by atoms with E-state index in [1.165, 1.54) is 25.7 Å². The first kappa shape index (κ1) is 14.4. The molecule has 1 saturated carbocycles. The molecule has 2 heterocycles. The summed E-state index contributed by atoms with van der Waals surface area (Å²) in [4.78, 5) is 18.9. The smallest absolute Gasteiger partial charge is 0.270 e. The molecule has 0 bridgehead atoms. The van der Waals surface area contributed by atoms with Crippen molar-refractivity contribution < 1.29 is 4.79 Å². The van der Waals surface area contributed by atoms with Gasteiger partial charge in [-0.1, -0.05) is 19.8 Å². The van der Waals surface area contributed by atoms with E-state index in [1.54, 1.807) is 0 Å². The zero-order valence-electron chi connectivity index (χ0n) is 12.8. The maximum absolute atomic E-state index is 12.1. The van der Waals surface area contributed by atoms with E-state index in [1.807, 2.05) is 18.3 Å². The lowest BCUT2D eigenvalue weighted by atomic mass is 9.99. The molecule has 0 unspecified atom stereocenters. The number of piperidine rings is 1. The van der Waals surface area contributed by atoms with Crippen LogP contribution >= 0.6 is 0 Å². The molecule has 0 radical (unpaired) electrons. The second-order valence-corrected chi connectivity index (χ2v) is 6.53. The van der Waals surface area contributed by atoms with Crippen molar-refractivity contribution >= 4 is 11.6 Å². The zero-order chi connectivity index (χ0) is 14.7. The number of hydrogen-bond acceptors (Lipinski definition) is 3. The summed E-state index contributed by atoms with van der Waals surface area (Å²) in [5, 5.41) is 3.08. The van der Waals surface area contributed by atoms with E-state index in [-0.39, 0.29) is 5.91 Å². The number of amides is 1. The highest BCUT2D eigenvalue weighted by atomic mass is 16.1. The molecule has 1 amide bonds. The van der Waals surface area contributed by atoms with Crippen LogP contribution in [0, 0.1) is 5.92 Å². The van der Waals surface area contributed by atoms with Crippen molar-refractivity contribution in [2.24, 2.45) is 5.92 Å². The Labute approximate surface area is 126 Å². The highest BCUT2D eigenvalue weighted by molar-refractivity contribution is 5.92. The Morgan fingerprint density at radius 1 is 1.19 bits per heavy atom. The summed E-state index contributed by atoms with van der Waals surface area (Å²) in [5.74, 6) is 0.798. The van der Waals surface area contributed by atoms with Crippen LogP contribution in [0.5, 0.6) is 0 Å². The molecule has 1 aromatic rings. The third-order valence-electron chi connectivity index (χ3n) is 4.82. The summed E-state index contributed by atoms with van der Waals surface area (Å²) in [6, 6.07) is 4.24. The van der Waals surface area contributed by atoms with Gasteiger partial charge in [-0.3, -0.25) is 4.79 Å². The third kappa shape index (κ3) is 3.55. The lowest BCUT2D eigenvalue weighted by Gasteiger charge is -2.31. The first-order valence-corrected chi connectivity index (χ1v) is 8.24. The Morgan fingerprint density at radius 3 is 2.52 bits per heavy atom. The molecule has 1 aliphatic carbocycles. The molecule has 0 atom stereocenters. The average Bonchev–Trinajstić information content (AvgIpc) is 3.01. The van der Waals surface area contributed by atoms with Crippen molar-refractivity contribution in [2.45, 2.75) is 51.5 Å². The minimum Gasteiger partial charge on any atom is -0.370 e. The van der Waals surface area contributed by atoms with Gasteiger partial charge in [0.1, 0.15) is 5.69 Å². The first-order valence-electron chi connectivity index (χ1n) is 8.24. The minimum absolute atomic E-state index is 0.0271. The van der Waals surface area contributed by atoms with Gasteiger partial charge in [0.2, 0.25) is 0 Å². The topological polar surface area (TPSA) is 45.2 Å². The van der Waals surface area contributed by atoms with Gasteiger partial charge in [0.15, 0.2) is 0 Å². The second-order valence-electron chi connectivity index (χ2n) is 6.53. The van der Waals surface area contributed by atoms with Crippen molar-refractivity contribution in [1.29, 1.82) is 0 Å². The molecule has 2 fully saturated rings. The van der Waals surface area contributed by atoms with E-state index in [0.29, 0.717) is 11.7 Å². The van der Waals surface area contributed by atoms with E-state index in [2.05, 4.69) is 22.1 Å². The van der Waals surface area contributed by atoms with Gasteiger partial charge in [-0.15, -0.1) is 0 Å². The fraction of sp³-hybridized carbons (Fsp3) is 0.647. The van der Waals surface area contributed by atoms with Crippen LogP contribution in [-0.2, 0) is 0 Å². The molecule has 4 heteroatoms.